The number of nitrogen functional groups attached to an aromatic ring is 1. The summed E-state index contributed by atoms with van der Waals surface area (Å²) < 4.78 is 18.1. The number of benzene rings is 1. The summed E-state index contributed by atoms with van der Waals surface area (Å²) in [5.74, 6) is -0.265. The fourth-order valence-electron chi connectivity index (χ4n) is 1.59. The standard InChI is InChI=1S/C12H11FN4O3/c1-20-10-4-7(2-3-9(10)13)15-12-6-8(17(18)19)5-11(14)16-12/h2-6H,1H3,(H3,14,15,16). The molecule has 8 heteroatoms. The van der Waals surface area contributed by atoms with Crippen molar-refractivity contribution < 1.29 is 14.1 Å². The average Bonchev–Trinajstić information content (AvgIpc) is 2.40. The largest absolute Gasteiger partial charge is 0.494 e. The van der Waals surface area contributed by atoms with Gasteiger partial charge in [0.05, 0.1) is 24.2 Å². The highest BCUT2D eigenvalue weighted by molar-refractivity contribution is 5.62. The molecule has 0 bridgehead atoms. The third-order valence-corrected chi connectivity index (χ3v) is 2.46. The minimum atomic E-state index is -0.575. The molecule has 7 nitrogen and oxygen atoms in total. The predicted molar refractivity (Wildman–Crippen MR) is 71.5 cm³/mol. The monoisotopic (exact) mass is 278 g/mol. The van der Waals surface area contributed by atoms with E-state index in [0.29, 0.717) is 5.69 Å². The summed E-state index contributed by atoms with van der Waals surface area (Å²) in [5.41, 5.74) is 5.77. The van der Waals surface area contributed by atoms with Crippen molar-refractivity contribution >= 4 is 23.0 Å². The van der Waals surface area contributed by atoms with E-state index >= 15 is 0 Å². The van der Waals surface area contributed by atoms with Crippen molar-refractivity contribution in [1.29, 1.82) is 0 Å². The summed E-state index contributed by atoms with van der Waals surface area (Å²) in [6.07, 6.45) is 0. The molecule has 3 N–H and O–H groups in total. The quantitative estimate of drug-likeness (QED) is 0.657. The van der Waals surface area contributed by atoms with Crippen molar-refractivity contribution in [2.45, 2.75) is 0 Å². The van der Waals surface area contributed by atoms with Crippen LogP contribution in [0.25, 0.3) is 0 Å². The second-order valence-corrected chi connectivity index (χ2v) is 3.87. The molecular weight excluding hydrogens is 267 g/mol. The van der Waals surface area contributed by atoms with Crippen LogP contribution in [-0.2, 0) is 0 Å². The third kappa shape index (κ3) is 2.91. The Balaban J connectivity index is 2.32. The number of pyridine rings is 1. The summed E-state index contributed by atoms with van der Waals surface area (Å²) in [5, 5.41) is 13.5. The lowest BCUT2D eigenvalue weighted by Gasteiger charge is -2.08. The van der Waals surface area contributed by atoms with Gasteiger partial charge in [-0.3, -0.25) is 10.1 Å². The molecule has 1 aromatic heterocycles. The zero-order valence-corrected chi connectivity index (χ0v) is 10.5. The molecule has 2 aromatic rings. The van der Waals surface area contributed by atoms with Gasteiger partial charge in [0.2, 0.25) is 0 Å². The third-order valence-electron chi connectivity index (χ3n) is 2.46. The molecule has 0 fully saturated rings. The molecule has 0 spiro atoms. The number of hydrogen-bond acceptors (Lipinski definition) is 6. The van der Waals surface area contributed by atoms with Crippen molar-refractivity contribution in [3.63, 3.8) is 0 Å². The van der Waals surface area contributed by atoms with Gasteiger partial charge in [0.15, 0.2) is 11.6 Å². The van der Waals surface area contributed by atoms with E-state index in [2.05, 4.69) is 10.3 Å². The molecule has 2 rings (SSSR count). The second kappa shape index (κ2) is 5.39. The van der Waals surface area contributed by atoms with Gasteiger partial charge < -0.3 is 15.8 Å². The molecule has 0 aliphatic carbocycles. The Hall–Kier alpha value is -2.90. The van der Waals surface area contributed by atoms with Gasteiger partial charge in [0, 0.05) is 11.8 Å². The number of nitrogens with zero attached hydrogens (tertiary/aromatic N) is 2. The number of nitrogens with two attached hydrogens (primary N) is 1. The molecule has 0 unspecified atom stereocenters. The van der Waals surface area contributed by atoms with Crippen molar-refractivity contribution in [3.05, 3.63) is 46.3 Å². The normalized spacial score (nSPS) is 10.1. The fraction of sp³-hybridized carbons (Fsp3) is 0.0833. The fourth-order valence-corrected chi connectivity index (χ4v) is 1.59. The zero-order chi connectivity index (χ0) is 14.7. The highest BCUT2D eigenvalue weighted by Gasteiger charge is 2.11. The molecule has 104 valence electrons. The Labute approximate surface area is 113 Å². The van der Waals surface area contributed by atoms with Gasteiger partial charge in [-0.1, -0.05) is 0 Å². The number of hydrogen-bond donors (Lipinski definition) is 2. The number of ether oxygens (including phenoxy) is 1. The van der Waals surface area contributed by atoms with Crippen LogP contribution in [0.1, 0.15) is 0 Å². The minimum absolute atomic E-state index is 0.00998. The first-order valence-corrected chi connectivity index (χ1v) is 5.52. The van der Waals surface area contributed by atoms with E-state index in [1.54, 1.807) is 0 Å². The van der Waals surface area contributed by atoms with Crippen LogP contribution >= 0.6 is 0 Å². The van der Waals surface area contributed by atoms with Crippen LogP contribution in [0.3, 0.4) is 0 Å². The van der Waals surface area contributed by atoms with Crippen molar-refractivity contribution in [1.82, 2.24) is 4.98 Å². The van der Waals surface area contributed by atoms with E-state index in [1.165, 1.54) is 31.4 Å². The summed E-state index contributed by atoms with van der Waals surface area (Å²) in [4.78, 5) is 14.1. The number of anilines is 3. The number of aromatic nitrogens is 1. The average molecular weight is 278 g/mol. The summed E-state index contributed by atoms with van der Waals surface area (Å²) in [6.45, 7) is 0. The Kier molecular flexibility index (Phi) is 3.65. The van der Waals surface area contributed by atoms with E-state index in [9.17, 15) is 14.5 Å². The minimum Gasteiger partial charge on any atom is -0.494 e. The molecule has 0 aliphatic rings. The molecular formula is C12H11FN4O3. The van der Waals surface area contributed by atoms with Gasteiger partial charge in [-0.25, -0.2) is 9.37 Å². The molecule has 0 amide bonds. The van der Waals surface area contributed by atoms with Gasteiger partial charge in [0.1, 0.15) is 11.6 Å². The van der Waals surface area contributed by atoms with Crippen LogP contribution in [0.2, 0.25) is 0 Å². The van der Waals surface area contributed by atoms with E-state index in [-0.39, 0.29) is 23.1 Å². The molecule has 1 aromatic carbocycles. The number of nitro groups is 1. The van der Waals surface area contributed by atoms with Gasteiger partial charge in [-0.2, -0.15) is 0 Å². The van der Waals surface area contributed by atoms with Gasteiger partial charge in [-0.15, -0.1) is 0 Å². The molecule has 0 atom stereocenters. The van der Waals surface area contributed by atoms with Crippen LogP contribution in [0.5, 0.6) is 5.75 Å². The number of methoxy groups -OCH3 is 1. The summed E-state index contributed by atoms with van der Waals surface area (Å²) in [6, 6.07) is 6.45. The van der Waals surface area contributed by atoms with Crippen LogP contribution in [0, 0.1) is 15.9 Å². The Bertz CT molecular complexity index is 663. The molecule has 1 heterocycles. The van der Waals surface area contributed by atoms with E-state index in [0.717, 1.165) is 6.07 Å². The lowest BCUT2D eigenvalue weighted by molar-refractivity contribution is -0.384. The van der Waals surface area contributed by atoms with Crippen molar-refractivity contribution in [2.75, 3.05) is 18.2 Å². The molecule has 0 saturated heterocycles. The van der Waals surface area contributed by atoms with Crippen LogP contribution in [0.4, 0.5) is 27.4 Å². The molecule has 0 aliphatic heterocycles. The zero-order valence-electron chi connectivity index (χ0n) is 10.5. The molecule has 0 saturated carbocycles. The Morgan fingerprint density at radius 3 is 2.80 bits per heavy atom. The summed E-state index contributed by atoms with van der Waals surface area (Å²) >= 11 is 0. The molecule has 20 heavy (non-hydrogen) atoms. The maximum absolute atomic E-state index is 13.3. The van der Waals surface area contributed by atoms with E-state index < -0.39 is 10.7 Å². The van der Waals surface area contributed by atoms with Gasteiger partial charge >= 0.3 is 0 Å². The SMILES string of the molecule is COc1cc(Nc2cc([N+](=O)[O-])cc(N)n2)ccc1F. The van der Waals surface area contributed by atoms with Gasteiger partial charge in [0.25, 0.3) is 5.69 Å². The number of nitrogens with one attached hydrogen (secondary N) is 1. The Morgan fingerprint density at radius 1 is 1.40 bits per heavy atom. The smallest absolute Gasteiger partial charge is 0.276 e. The Morgan fingerprint density at radius 2 is 2.15 bits per heavy atom. The van der Waals surface area contributed by atoms with Crippen LogP contribution in [-0.4, -0.2) is 17.0 Å². The highest BCUT2D eigenvalue weighted by Crippen LogP contribution is 2.26. The first kappa shape index (κ1) is 13.5. The van der Waals surface area contributed by atoms with Crippen molar-refractivity contribution in [3.8, 4) is 5.75 Å². The van der Waals surface area contributed by atoms with Gasteiger partial charge in [-0.05, 0) is 12.1 Å². The highest BCUT2D eigenvalue weighted by atomic mass is 19.1. The molecule has 0 radical (unpaired) electrons. The first-order valence-electron chi connectivity index (χ1n) is 5.52. The number of rotatable bonds is 4. The topological polar surface area (TPSA) is 103 Å². The first-order chi connectivity index (χ1) is 9.49. The van der Waals surface area contributed by atoms with Crippen LogP contribution in [0.15, 0.2) is 30.3 Å². The maximum Gasteiger partial charge on any atom is 0.276 e. The maximum atomic E-state index is 13.3. The van der Waals surface area contributed by atoms with Crippen LogP contribution < -0.4 is 15.8 Å². The number of halogens is 1. The second-order valence-electron chi connectivity index (χ2n) is 3.87. The van der Waals surface area contributed by atoms with E-state index in [1.807, 2.05) is 0 Å². The predicted octanol–water partition coefficient (Wildman–Crippen LogP) is 2.46. The van der Waals surface area contributed by atoms with Crippen molar-refractivity contribution in [2.24, 2.45) is 0 Å². The lowest BCUT2D eigenvalue weighted by Crippen LogP contribution is -2.00. The summed E-state index contributed by atoms with van der Waals surface area (Å²) in [7, 11) is 1.34. The lowest BCUT2D eigenvalue weighted by atomic mass is 10.3. The van der Waals surface area contributed by atoms with E-state index in [4.69, 9.17) is 10.5 Å².